The quantitative estimate of drug-likeness (QED) is 0.564. The first-order valence-corrected chi connectivity index (χ1v) is 6.59. The molecule has 2 heterocycles. The van der Waals surface area contributed by atoms with E-state index in [1.165, 1.54) is 10.9 Å². The van der Waals surface area contributed by atoms with E-state index in [9.17, 15) is 0 Å². The molecule has 0 aliphatic carbocycles. The lowest BCUT2D eigenvalue weighted by atomic mass is 10.2. The molecular formula is C15H15N3S. The average Bonchev–Trinajstić information content (AvgIpc) is 2.93. The predicted molar refractivity (Wildman–Crippen MR) is 81.4 cm³/mol. The number of aryl methyl sites for hydroxylation is 1. The number of imidazole rings is 1. The smallest absolute Gasteiger partial charge is 0.185 e. The third kappa shape index (κ3) is 1.85. The van der Waals surface area contributed by atoms with Gasteiger partial charge >= 0.3 is 0 Å². The Morgan fingerprint density at radius 3 is 2.84 bits per heavy atom. The van der Waals surface area contributed by atoms with Crippen molar-refractivity contribution < 1.29 is 0 Å². The van der Waals surface area contributed by atoms with Gasteiger partial charge in [0.2, 0.25) is 0 Å². The maximum absolute atomic E-state index is 5.50. The van der Waals surface area contributed by atoms with Crippen molar-refractivity contribution in [1.29, 1.82) is 0 Å². The number of aromatic nitrogens is 3. The van der Waals surface area contributed by atoms with Crippen LogP contribution >= 0.6 is 12.2 Å². The Labute approximate surface area is 116 Å². The number of nitrogens with one attached hydrogen (secondary N) is 1. The van der Waals surface area contributed by atoms with Crippen molar-refractivity contribution in [2.45, 2.75) is 13.5 Å². The van der Waals surface area contributed by atoms with Gasteiger partial charge in [-0.15, -0.1) is 6.58 Å². The summed E-state index contributed by atoms with van der Waals surface area (Å²) in [6, 6.07) is 8.28. The van der Waals surface area contributed by atoms with E-state index in [1.807, 2.05) is 33.7 Å². The number of aromatic amines is 1. The first-order valence-electron chi connectivity index (χ1n) is 6.18. The monoisotopic (exact) mass is 269 g/mol. The molecule has 0 spiro atoms. The Kier molecular flexibility index (Phi) is 2.87. The highest BCUT2D eigenvalue weighted by molar-refractivity contribution is 7.71. The van der Waals surface area contributed by atoms with Crippen LogP contribution in [0.3, 0.4) is 0 Å². The number of allylic oxidation sites excluding steroid dienone is 1. The third-order valence-corrected chi connectivity index (χ3v) is 3.78. The van der Waals surface area contributed by atoms with Gasteiger partial charge < -0.3 is 9.55 Å². The van der Waals surface area contributed by atoms with Gasteiger partial charge in [0.15, 0.2) is 4.77 Å². The molecule has 1 N–H and O–H groups in total. The average molecular weight is 269 g/mol. The van der Waals surface area contributed by atoms with Crippen LogP contribution in [-0.2, 0) is 6.54 Å². The SMILES string of the molecule is C=CCn1ccn(-c2[nH]c3ccccc3c2C)c1=S. The molecule has 4 heteroatoms. The fraction of sp³-hybridized carbons (Fsp3) is 0.133. The van der Waals surface area contributed by atoms with E-state index >= 15 is 0 Å². The van der Waals surface area contributed by atoms with Crippen molar-refractivity contribution in [3.05, 3.63) is 59.6 Å². The molecule has 0 atom stereocenters. The van der Waals surface area contributed by atoms with E-state index < -0.39 is 0 Å². The molecule has 0 radical (unpaired) electrons. The summed E-state index contributed by atoms with van der Waals surface area (Å²) < 4.78 is 4.77. The second kappa shape index (κ2) is 4.55. The van der Waals surface area contributed by atoms with Crippen LogP contribution in [0.4, 0.5) is 0 Å². The zero-order valence-electron chi connectivity index (χ0n) is 10.8. The topological polar surface area (TPSA) is 25.6 Å². The van der Waals surface area contributed by atoms with Gasteiger partial charge in [0.05, 0.1) is 0 Å². The van der Waals surface area contributed by atoms with Crippen LogP contribution in [-0.4, -0.2) is 14.1 Å². The van der Waals surface area contributed by atoms with E-state index in [1.54, 1.807) is 0 Å². The Balaban J connectivity index is 2.22. The first-order chi connectivity index (χ1) is 9.22. The van der Waals surface area contributed by atoms with E-state index in [2.05, 4.69) is 36.7 Å². The molecule has 0 unspecified atom stereocenters. The van der Waals surface area contributed by atoms with Crippen LogP contribution in [0.1, 0.15) is 5.56 Å². The van der Waals surface area contributed by atoms with E-state index in [0.717, 1.165) is 22.7 Å². The van der Waals surface area contributed by atoms with Crippen molar-refractivity contribution >= 4 is 23.1 Å². The lowest BCUT2D eigenvalue weighted by Gasteiger charge is -2.02. The molecule has 0 fully saturated rings. The number of fused-ring (bicyclic) bond motifs is 1. The summed E-state index contributed by atoms with van der Waals surface area (Å²) in [6.45, 7) is 6.59. The molecule has 3 aromatic rings. The van der Waals surface area contributed by atoms with Gasteiger partial charge in [0.25, 0.3) is 0 Å². The standard InChI is InChI=1S/C15H15N3S/c1-3-8-17-9-10-18(15(17)19)14-11(2)12-6-4-5-7-13(12)16-14/h3-7,9-10,16H,1,8H2,2H3. The van der Waals surface area contributed by atoms with Crippen LogP contribution in [0.5, 0.6) is 0 Å². The fourth-order valence-electron chi connectivity index (χ4n) is 2.37. The number of hydrogen-bond acceptors (Lipinski definition) is 1. The number of para-hydroxylation sites is 1. The van der Waals surface area contributed by atoms with Gasteiger partial charge in [-0.3, -0.25) is 4.57 Å². The summed E-state index contributed by atoms with van der Waals surface area (Å²) in [4.78, 5) is 3.43. The summed E-state index contributed by atoms with van der Waals surface area (Å²) in [6.07, 6.45) is 5.82. The Morgan fingerprint density at radius 1 is 1.32 bits per heavy atom. The maximum Gasteiger partial charge on any atom is 0.185 e. The Morgan fingerprint density at radius 2 is 2.11 bits per heavy atom. The first kappa shape index (κ1) is 12.0. The predicted octanol–water partition coefficient (Wildman–Crippen LogP) is 3.98. The van der Waals surface area contributed by atoms with Crippen LogP contribution < -0.4 is 0 Å². The third-order valence-electron chi connectivity index (χ3n) is 3.35. The van der Waals surface area contributed by atoms with Crippen LogP contribution in [0.25, 0.3) is 16.7 Å². The summed E-state index contributed by atoms with van der Waals surface area (Å²) in [7, 11) is 0. The number of nitrogens with zero attached hydrogens (tertiary/aromatic N) is 2. The van der Waals surface area contributed by atoms with Crippen molar-refractivity contribution in [3.8, 4) is 5.82 Å². The highest BCUT2D eigenvalue weighted by atomic mass is 32.1. The minimum atomic E-state index is 0.727. The molecule has 96 valence electrons. The lowest BCUT2D eigenvalue weighted by Crippen LogP contribution is -1.99. The molecule has 2 aromatic heterocycles. The molecule has 19 heavy (non-hydrogen) atoms. The molecule has 0 bridgehead atoms. The zero-order chi connectivity index (χ0) is 13.4. The molecule has 0 saturated heterocycles. The van der Waals surface area contributed by atoms with Gasteiger partial charge in [-0.2, -0.15) is 0 Å². The van der Waals surface area contributed by atoms with Crippen LogP contribution in [0, 0.1) is 11.7 Å². The van der Waals surface area contributed by atoms with Gasteiger partial charge in [-0.25, -0.2) is 0 Å². The normalized spacial score (nSPS) is 11.0. The summed E-state index contributed by atoms with van der Waals surface area (Å²) in [5, 5.41) is 1.23. The molecule has 1 aromatic carbocycles. The highest BCUT2D eigenvalue weighted by Gasteiger charge is 2.10. The number of H-pyrrole nitrogens is 1. The fourth-order valence-corrected chi connectivity index (χ4v) is 2.66. The van der Waals surface area contributed by atoms with Crippen LogP contribution in [0.15, 0.2) is 49.3 Å². The largest absolute Gasteiger partial charge is 0.341 e. The van der Waals surface area contributed by atoms with Crippen molar-refractivity contribution in [2.24, 2.45) is 0 Å². The second-order valence-corrected chi connectivity index (χ2v) is 4.90. The highest BCUT2D eigenvalue weighted by Crippen LogP contribution is 2.24. The maximum atomic E-state index is 5.50. The number of benzene rings is 1. The molecule has 0 aliphatic rings. The molecule has 3 nitrogen and oxygen atoms in total. The minimum absolute atomic E-state index is 0.727. The Hall–Kier alpha value is -2.07. The van der Waals surface area contributed by atoms with Gasteiger partial charge in [-0.1, -0.05) is 24.3 Å². The molecule has 0 saturated carbocycles. The summed E-state index contributed by atoms with van der Waals surface area (Å²) in [5.41, 5.74) is 2.34. The molecule has 0 aliphatic heterocycles. The lowest BCUT2D eigenvalue weighted by molar-refractivity contribution is 0.785. The zero-order valence-corrected chi connectivity index (χ0v) is 11.6. The van der Waals surface area contributed by atoms with Crippen molar-refractivity contribution in [2.75, 3.05) is 0 Å². The minimum Gasteiger partial charge on any atom is -0.341 e. The van der Waals surface area contributed by atoms with Gasteiger partial charge in [-0.05, 0) is 30.8 Å². The van der Waals surface area contributed by atoms with Gasteiger partial charge in [0, 0.05) is 29.8 Å². The van der Waals surface area contributed by atoms with Crippen molar-refractivity contribution in [3.63, 3.8) is 0 Å². The molecular weight excluding hydrogens is 254 g/mol. The molecule has 3 rings (SSSR count). The number of rotatable bonds is 3. The van der Waals surface area contributed by atoms with Crippen molar-refractivity contribution in [1.82, 2.24) is 14.1 Å². The van der Waals surface area contributed by atoms with Crippen LogP contribution in [0.2, 0.25) is 0 Å². The van der Waals surface area contributed by atoms with E-state index in [0.29, 0.717) is 0 Å². The summed E-state index contributed by atoms with van der Waals surface area (Å²) >= 11 is 5.50. The molecule has 0 amide bonds. The summed E-state index contributed by atoms with van der Waals surface area (Å²) in [5.74, 6) is 1.04. The number of hydrogen-bond donors (Lipinski definition) is 1. The van der Waals surface area contributed by atoms with Gasteiger partial charge in [0.1, 0.15) is 5.82 Å². The van der Waals surface area contributed by atoms with E-state index in [4.69, 9.17) is 12.2 Å². The Bertz CT molecular complexity index is 804. The second-order valence-electron chi connectivity index (χ2n) is 4.54. The van der Waals surface area contributed by atoms with E-state index in [-0.39, 0.29) is 0 Å².